The number of benzene rings is 1. The van der Waals surface area contributed by atoms with Crippen molar-refractivity contribution in [2.75, 3.05) is 19.9 Å². The lowest BCUT2D eigenvalue weighted by Crippen LogP contribution is -2.42. The normalized spacial score (nSPS) is 13.0. The van der Waals surface area contributed by atoms with Gasteiger partial charge in [0.15, 0.2) is 0 Å². The Hall–Kier alpha value is -2.46. The number of carbonyl (C=O) groups is 3. The predicted molar refractivity (Wildman–Crippen MR) is 154 cm³/mol. The molecule has 1 aromatic carbocycles. The lowest BCUT2D eigenvalue weighted by molar-refractivity contribution is -0.156. The smallest absolute Gasteiger partial charge is 0.460 e. The summed E-state index contributed by atoms with van der Waals surface area (Å²) in [5.74, 6) is -1.13. The van der Waals surface area contributed by atoms with Crippen LogP contribution in [0, 0.1) is 5.41 Å². The third kappa shape index (κ3) is 15.9. The molecule has 0 aromatic heterocycles. The Morgan fingerprint density at radius 2 is 1.32 bits per heavy atom. The third-order valence-corrected chi connectivity index (χ3v) is 6.90. The van der Waals surface area contributed by atoms with Crippen LogP contribution in [0.5, 0.6) is 0 Å². The summed E-state index contributed by atoms with van der Waals surface area (Å²) in [4.78, 5) is 39.5. The van der Waals surface area contributed by atoms with E-state index in [1.165, 1.54) is 0 Å². The van der Waals surface area contributed by atoms with Crippen LogP contribution in [-0.2, 0) is 48.5 Å². The van der Waals surface area contributed by atoms with Gasteiger partial charge < -0.3 is 14.2 Å². The molecule has 0 heterocycles. The second-order valence-electron chi connectivity index (χ2n) is 13.2. The van der Waals surface area contributed by atoms with Gasteiger partial charge in [-0.3, -0.25) is 23.5 Å². The van der Waals surface area contributed by atoms with Crippen molar-refractivity contribution in [2.45, 2.75) is 106 Å². The lowest BCUT2D eigenvalue weighted by Gasteiger charge is -2.31. The van der Waals surface area contributed by atoms with Crippen molar-refractivity contribution >= 4 is 25.9 Å². The van der Waals surface area contributed by atoms with Crippen LogP contribution >= 0.6 is 7.82 Å². The van der Waals surface area contributed by atoms with Gasteiger partial charge in [0, 0.05) is 6.54 Å². The molecule has 234 valence electrons. The van der Waals surface area contributed by atoms with Gasteiger partial charge >= 0.3 is 25.9 Å². The molecule has 0 aliphatic rings. The van der Waals surface area contributed by atoms with Crippen LogP contribution in [0.4, 0.5) is 4.79 Å². The molecule has 0 unspecified atom stereocenters. The molecule has 0 bridgehead atoms. The number of amides is 1. The molecule has 0 saturated carbocycles. The number of rotatable bonds is 13. The van der Waals surface area contributed by atoms with Crippen molar-refractivity contribution in [2.24, 2.45) is 5.41 Å². The fourth-order valence-electron chi connectivity index (χ4n) is 3.17. The predicted octanol–water partition coefficient (Wildman–Crippen LogP) is 6.64. The van der Waals surface area contributed by atoms with Gasteiger partial charge in [0.1, 0.15) is 18.8 Å². The first-order valence-corrected chi connectivity index (χ1v) is 15.0. The van der Waals surface area contributed by atoms with E-state index in [0.29, 0.717) is 0 Å². The SMILES string of the molecule is CC(C)(C)OC(=O)CN(CCC(C)(C)C(=O)OCc1ccccc1)C(=O)OCOP(=O)(OC(C)(C)C)OC(C)(C)C. The average molecular weight is 602 g/mol. The second-order valence-corrected chi connectivity index (χ2v) is 14.7. The summed E-state index contributed by atoms with van der Waals surface area (Å²) in [7, 11) is -4.14. The van der Waals surface area contributed by atoms with Gasteiger partial charge in [0.2, 0.25) is 6.79 Å². The maximum Gasteiger partial charge on any atom is 0.478 e. The molecular formula is C29H48NO10P. The van der Waals surface area contributed by atoms with Crippen LogP contribution in [-0.4, -0.2) is 59.6 Å². The molecule has 0 saturated heterocycles. The number of hydrogen-bond donors (Lipinski definition) is 0. The van der Waals surface area contributed by atoms with Crippen LogP contribution in [0.1, 0.15) is 88.1 Å². The highest BCUT2D eigenvalue weighted by molar-refractivity contribution is 7.48. The number of carbonyl (C=O) groups excluding carboxylic acids is 3. The molecule has 1 aromatic rings. The minimum Gasteiger partial charge on any atom is -0.460 e. The van der Waals surface area contributed by atoms with Crippen LogP contribution in [0.2, 0.25) is 0 Å². The summed E-state index contributed by atoms with van der Waals surface area (Å²) in [5.41, 5.74) is -2.69. The molecule has 41 heavy (non-hydrogen) atoms. The van der Waals surface area contributed by atoms with Crippen molar-refractivity contribution in [3.8, 4) is 0 Å². The van der Waals surface area contributed by atoms with Crippen molar-refractivity contribution in [1.82, 2.24) is 4.90 Å². The first kappa shape index (κ1) is 36.6. The van der Waals surface area contributed by atoms with E-state index in [1.807, 2.05) is 30.3 Å². The number of nitrogens with zero attached hydrogens (tertiary/aromatic N) is 1. The number of ether oxygens (including phenoxy) is 3. The zero-order valence-electron chi connectivity index (χ0n) is 26.4. The fourth-order valence-corrected chi connectivity index (χ4v) is 4.84. The molecule has 0 aliphatic heterocycles. The summed E-state index contributed by atoms with van der Waals surface area (Å²) in [6.45, 7) is 17.4. The van der Waals surface area contributed by atoms with E-state index in [4.69, 9.17) is 27.8 Å². The Morgan fingerprint density at radius 1 is 0.780 bits per heavy atom. The molecule has 11 nitrogen and oxygen atoms in total. The van der Waals surface area contributed by atoms with E-state index in [1.54, 1.807) is 76.2 Å². The van der Waals surface area contributed by atoms with E-state index >= 15 is 0 Å². The molecular weight excluding hydrogens is 553 g/mol. The Labute approximate surface area is 244 Å². The van der Waals surface area contributed by atoms with Crippen molar-refractivity contribution < 1.29 is 46.7 Å². The molecule has 0 N–H and O–H groups in total. The van der Waals surface area contributed by atoms with E-state index in [-0.39, 0.29) is 19.6 Å². The quantitative estimate of drug-likeness (QED) is 0.105. The Bertz CT molecular complexity index is 1030. The molecule has 0 aliphatic carbocycles. The van der Waals surface area contributed by atoms with E-state index in [2.05, 4.69) is 0 Å². The van der Waals surface area contributed by atoms with Crippen molar-refractivity contribution in [3.05, 3.63) is 35.9 Å². The zero-order valence-corrected chi connectivity index (χ0v) is 27.3. The zero-order chi connectivity index (χ0) is 31.7. The first-order chi connectivity index (χ1) is 18.5. The largest absolute Gasteiger partial charge is 0.478 e. The van der Waals surface area contributed by atoms with Gasteiger partial charge in [-0.2, -0.15) is 0 Å². The van der Waals surface area contributed by atoms with Gasteiger partial charge in [-0.05, 0) is 88.1 Å². The molecule has 12 heteroatoms. The van der Waals surface area contributed by atoms with Crippen LogP contribution in [0.15, 0.2) is 30.3 Å². The lowest BCUT2D eigenvalue weighted by atomic mass is 9.89. The van der Waals surface area contributed by atoms with Crippen LogP contribution in [0.3, 0.4) is 0 Å². The highest BCUT2D eigenvalue weighted by Crippen LogP contribution is 2.55. The highest BCUT2D eigenvalue weighted by atomic mass is 31.2. The Balaban J connectivity index is 2.93. The average Bonchev–Trinajstić information content (AvgIpc) is 2.76. The summed E-state index contributed by atoms with van der Waals surface area (Å²) in [6, 6.07) is 9.26. The summed E-state index contributed by atoms with van der Waals surface area (Å²) < 4.78 is 45.6. The van der Waals surface area contributed by atoms with Gasteiger partial charge in [-0.25, -0.2) is 13.9 Å². The van der Waals surface area contributed by atoms with E-state index in [0.717, 1.165) is 10.5 Å². The fraction of sp³-hybridized carbons (Fsp3) is 0.690. The summed E-state index contributed by atoms with van der Waals surface area (Å²) in [6.07, 6.45) is -0.791. The van der Waals surface area contributed by atoms with Crippen molar-refractivity contribution in [1.29, 1.82) is 0 Å². The standard InChI is InChI=1S/C29H48NO10P/c1-26(2,3)38-23(31)19-30(18-17-29(10,11)24(32)35-20-22-15-13-12-14-16-22)25(33)36-21-37-41(34,39-27(4,5)6)40-28(7,8)9/h12-16H,17-21H2,1-11H3. The van der Waals surface area contributed by atoms with Crippen LogP contribution in [0.25, 0.3) is 0 Å². The summed E-state index contributed by atoms with van der Waals surface area (Å²) >= 11 is 0. The monoisotopic (exact) mass is 601 g/mol. The number of hydrogen-bond acceptors (Lipinski definition) is 10. The molecule has 0 atom stereocenters. The molecule has 1 rings (SSSR count). The molecule has 0 spiro atoms. The molecule has 0 fully saturated rings. The number of phosphoric ester groups is 1. The van der Waals surface area contributed by atoms with Gasteiger partial charge in [-0.1, -0.05) is 30.3 Å². The molecule has 0 radical (unpaired) electrons. The Morgan fingerprint density at radius 3 is 1.80 bits per heavy atom. The maximum absolute atomic E-state index is 13.2. The van der Waals surface area contributed by atoms with E-state index in [9.17, 15) is 18.9 Å². The maximum atomic E-state index is 13.2. The third-order valence-electron chi connectivity index (χ3n) is 4.93. The minimum atomic E-state index is -4.14. The van der Waals surface area contributed by atoms with Gasteiger partial charge in [0.05, 0.1) is 16.6 Å². The Kier molecular flexibility index (Phi) is 13.0. The number of esters is 2. The topological polar surface area (TPSA) is 127 Å². The second kappa shape index (κ2) is 14.6. The molecule has 1 amide bonds. The van der Waals surface area contributed by atoms with Gasteiger partial charge in [-0.15, -0.1) is 0 Å². The highest BCUT2D eigenvalue weighted by Gasteiger charge is 2.38. The van der Waals surface area contributed by atoms with E-state index < -0.39 is 61.4 Å². The summed E-state index contributed by atoms with van der Waals surface area (Å²) in [5, 5.41) is 0. The van der Waals surface area contributed by atoms with Crippen molar-refractivity contribution in [3.63, 3.8) is 0 Å². The minimum absolute atomic E-state index is 0.0415. The first-order valence-electron chi connectivity index (χ1n) is 13.5. The van der Waals surface area contributed by atoms with Crippen LogP contribution < -0.4 is 0 Å². The number of phosphoric acid groups is 1. The van der Waals surface area contributed by atoms with Gasteiger partial charge in [0.25, 0.3) is 0 Å².